The minimum Gasteiger partial charge on any atom is -0.481 e. The van der Waals surface area contributed by atoms with Crippen molar-refractivity contribution in [1.29, 1.82) is 0 Å². The molecule has 1 unspecified atom stereocenters. The van der Waals surface area contributed by atoms with Crippen LogP contribution in [-0.4, -0.2) is 16.9 Å². The van der Waals surface area contributed by atoms with Gasteiger partial charge in [-0.25, -0.2) is 0 Å². The SMILES string of the molecule is Cc1cc(C(C)(C)C)ccc1C(=O)CC(C)C(=O)O. The van der Waals surface area contributed by atoms with Gasteiger partial charge in [-0.05, 0) is 23.5 Å². The van der Waals surface area contributed by atoms with Gasteiger partial charge >= 0.3 is 5.97 Å². The van der Waals surface area contributed by atoms with Gasteiger partial charge in [0.1, 0.15) is 0 Å². The Bertz CT molecular complexity index is 495. The van der Waals surface area contributed by atoms with E-state index in [0.29, 0.717) is 5.56 Å². The highest BCUT2D eigenvalue weighted by atomic mass is 16.4. The summed E-state index contributed by atoms with van der Waals surface area (Å²) in [5, 5.41) is 8.85. The molecule has 0 spiro atoms. The van der Waals surface area contributed by atoms with Crippen LogP contribution >= 0.6 is 0 Å². The number of aliphatic carboxylic acids is 1. The van der Waals surface area contributed by atoms with Crippen LogP contribution < -0.4 is 0 Å². The average molecular weight is 262 g/mol. The molecule has 0 aliphatic heterocycles. The topological polar surface area (TPSA) is 54.4 Å². The van der Waals surface area contributed by atoms with Crippen LogP contribution in [0, 0.1) is 12.8 Å². The van der Waals surface area contributed by atoms with Crippen LogP contribution in [0.2, 0.25) is 0 Å². The van der Waals surface area contributed by atoms with Crippen LogP contribution in [0.1, 0.15) is 55.6 Å². The highest BCUT2D eigenvalue weighted by molar-refractivity contribution is 5.99. The largest absolute Gasteiger partial charge is 0.481 e. The molecule has 0 fully saturated rings. The number of ketones is 1. The molecule has 1 rings (SSSR count). The van der Waals surface area contributed by atoms with E-state index in [2.05, 4.69) is 20.8 Å². The van der Waals surface area contributed by atoms with E-state index in [1.54, 1.807) is 6.92 Å². The maximum absolute atomic E-state index is 12.1. The van der Waals surface area contributed by atoms with Crippen molar-refractivity contribution in [3.8, 4) is 0 Å². The molecule has 0 amide bonds. The number of aryl methyl sites for hydroxylation is 1. The zero-order chi connectivity index (χ0) is 14.8. The van der Waals surface area contributed by atoms with Gasteiger partial charge in [0, 0.05) is 12.0 Å². The summed E-state index contributed by atoms with van der Waals surface area (Å²) in [6.45, 7) is 9.81. The van der Waals surface area contributed by atoms with Crippen molar-refractivity contribution in [2.75, 3.05) is 0 Å². The maximum Gasteiger partial charge on any atom is 0.306 e. The maximum atomic E-state index is 12.1. The van der Waals surface area contributed by atoms with Crippen LogP contribution in [0.15, 0.2) is 18.2 Å². The van der Waals surface area contributed by atoms with E-state index < -0.39 is 11.9 Å². The van der Waals surface area contributed by atoms with Crippen molar-refractivity contribution >= 4 is 11.8 Å². The molecule has 19 heavy (non-hydrogen) atoms. The number of rotatable bonds is 4. The smallest absolute Gasteiger partial charge is 0.306 e. The molecule has 1 atom stereocenters. The Morgan fingerprint density at radius 1 is 1.26 bits per heavy atom. The molecule has 0 radical (unpaired) electrons. The first-order valence-electron chi connectivity index (χ1n) is 6.50. The van der Waals surface area contributed by atoms with Gasteiger partial charge in [-0.1, -0.05) is 45.9 Å². The Morgan fingerprint density at radius 2 is 1.84 bits per heavy atom. The van der Waals surface area contributed by atoms with Crippen LogP contribution in [0.25, 0.3) is 0 Å². The van der Waals surface area contributed by atoms with E-state index in [9.17, 15) is 9.59 Å². The van der Waals surface area contributed by atoms with Gasteiger partial charge in [0.05, 0.1) is 5.92 Å². The molecule has 0 saturated heterocycles. The molecule has 104 valence electrons. The van der Waals surface area contributed by atoms with Gasteiger partial charge in [-0.3, -0.25) is 9.59 Å². The second kappa shape index (κ2) is 5.55. The predicted molar refractivity (Wildman–Crippen MR) is 75.6 cm³/mol. The van der Waals surface area contributed by atoms with E-state index in [1.807, 2.05) is 25.1 Å². The molecule has 0 aliphatic carbocycles. The number of Topliss-reactive ketones (excluding diaryl/α,β-unsaturated/α-hetero) is 1. The van der Waals surface area contributed by atoms with Crippen molar-refractivity contribution in [3.63, 3.8) is 0 Å². The third-order valence-corrected chi connectivity index (χ3v) is 3.31. The third-order valence-electron chi connectivity index (χ3n) is 3.31. The molecule has 1 aromatic rings. The van der Waals surface area contributed by atoms with Gasteiger partial charge in [0.2, 0.25) is 0 Å². The number of carboxylic acid groups (broad SMARTS) is 1. The van der Waals surface area contributed by atoms with E-state index in [4.69, 9.17) is 5.11 Å². The summed E-state index contributed by atoms with van der Waals surface area (Å²) in [6.07, 6.45) is 0.0467. The van der Waals surface area contributed by atoms with E-state index in [0.717, 1.165) is 5.56 Å². The molecule has 1 aromatic carbocycles. The molecule has 3 heteroatoms. The summed E-state index contributed by atoms with van der Waals surface area (Å²) in [5.41, 5.74) is 2.75. The Labute approximate surface area is 114 Å². The summed E-state index contributed by atoms with van der Waals surface area (Å²) in [7, 11) is 0. The highest BCUT2D eigenvalue weighted by Gasteiger charge is 2.20. The second-order valence-electron chi connectivity index (χ2n) is 6.15. The first-order chi connectivity index (χ1) is 8.62. The number of hydrogen-bond donors (Lipinski definition) is 1. The molecule has 0 bridgehead atoms. The molecular weight excluding hydrogens is 240 g/mol. The summed E-state index contributed by atoms with van der Waals surface area (Å²) in [6, 6.07) is 5.77. The predicted octanol–water partition coefficient (Wildman–Crippen LogP) is 3.59. The van der Waals surface area contributed by atoms with Crippen molar-refractivity contribution < 1.29 is 14.7 Å². The summed E-state index contributed by atoms with van der Waals surface area (Å²) >= 11 is 0. The van der Waals surface area contributed by atoms with Gasteiger partial charge in [-0.15, -0.1) is 0 Å². The van der Waals surface area contributed by atoms with Gasteiger partial charge < -0.3 is 5.11 Å². The second-order valence-corrected chi connectivity index (χ2v) is 6.15. The van der Waals surface area contributed by atoms with Crippen molar-refractivity contribution in [1.82, 2.24) is 0 Å². The van der Waals surface area contributed by atoms with Crippen LogP contribution in [0.5, 0.6) is 0 Å². The van der Waals surface area contributed by atoms with Gasteiger partial charge in [0.25, 0.3) is 0 Å². The molecule has 0 aliphatic rings. The minimum absolute atomic E-state index is 0.0424. The standard InChI is InChI=1S/C16H22O3/c1-10-8-12(16(3,4)5)6-7-13(10)14(17)9-11(2)15(18)19/h6-8,11H,9H2,1-5H3,(H,18,19). The average Bonchev–Trinajstić information content (AvgIpc) is 2.27. The summed E-state index contributed by atoms with van der Waals surface area (Å²) in [4.78, 5) is 22.9. The fourth-order valence-electron chi connectivity index (χ4n) is 1.92. The molecule has 3 nitrogen and oxygen atoms in total. The Kier molecular flexibility index (Phi) is 4.51. The van der Waals surface area contributed by atoms with Crippen LogP contribution in [-0.2, 0) is 10.2 Å². The lowest BCUT2D eigenvalue weighted by atomic mass is 9.84. The quantitative estimate of drug-likeness (QED) is 0.844. The first kappa shape index (κ1) is 15.4. The van der Waals surface area contributed by atoms with E-state index in [-0.39, 0.29) is 17.6 Å². The fourth-order valence-corrected chi connectivity index (χ4v) is 1.92. The number of hydrogen-bond acceptors (Lipinski definition) is 2. The van der Waals surface area contributed by atoms with E-state index in [1.165, 1.54) is 5.56 Å². The number of benzene rings is 1. The Hall–Kier alpha value is -1.64. The molecule has 0 saturated carbocycles. The van der Waals surface area contributed by atoms with Crippen molar-refractivity contribution in [2.45, 2.75) is 46.5 Å². The van der Waals surface area contributed by atoms with Crippen molar-refractivity contribution in [3.05, 3.63) is 34.9 Å². The number of carbonyl (C=O) groups is 2. The summed E-state index contributed by atoms with van der Waals surface area (Å²) < 4.78 is 0. The first-order valence-corrected chi connectivity index (χ1v) is 6.50. The molecular formula is C16H22O3. The zero-order valence-corrected chi connectivity index (χ0v) is 12.3. The number of carbonyl (C=O) groups excluding carboxylic acids is 1. The van der Waals surface area contributed by atoms with Gasteiger partial charge in [-0.2, -0.15) is 0 Å². The van der Waals surface area contributed by atoms with Gasteiger partial charge in [0.15, 0.2) is 5.78 Å². The molecule has 0 aromatic heterocycles. The normalized spacial score (nSPS) is 13.1. The van der Waals surface area contributed by atoms with Crippen LogP contribution in [0.4, 0.5) is 0 Å². The number of carboxylic acids is 1. The Morgan fingerprint density at radius 3 is 2.26 bits per heavy atom. The lowest BCUT2D eigenvalue weighted by Crippen LogP contribution is -2.16. The lowest BCUT2D eigenvalue weighted by molar-refractivity contribution is -0.141. The molecule has 0 heterocycles. The fraction of sp³-hybridized carbons (Fsp3) is 0.500. The van der Waals surface area contributed by atoms with Crippen molar-refractivity contribution in [2.24, 2.45) is 5.92 Å². The highest BCUT2D eigenvalue weighted by Crippen LogP contribution is 2.25. The third kappa shape index (κ3) is 3.91. The molecule has 1 N–H and O–H groups in total. The lowest BCUT2D eigenvalue weighted by Gasteiger charge is -2.20. The summed E-state index contributed by atoms with van der Waals surface area (Å²) in [5.74, 6) is -1.68. The minimum atomic E-state index is -0.933. The monoisotopic (exact) mass is 262 g/mol. The zero-order valence-electron chi connectivity index (χ0n) is 12.3. The Balaban J connectivity index is 2.97. The van der Waals surface area contributed by atoms with E-state index >= 15 is 0 Å². The van der Waals surface area contributed by atoms with Crippen LogP contribution in [0.3, 0.4) is 0 Å².